The van der Waals surface area contributed by atoms with Crippen LogP contribution in [0.2, 0.25) is 0 Å². The van der Waals surface area contributed by atoms with Crippen LogP contribution >= 0.6 is 11.3 Å². The average molecular weight is 230 g/mol. The molecule has 1 aromatic heterocycles. The van der Waals surface area contributed by atoms with Crippen LogP contribution in [0.3, 0.4) is 0 Å². The van der Waals surface area contributed by atoms with E-state index in [0.29, 0.717) is 5.39 Å². The minimum Gasteiger partial charge on any atom is -0.206 e. The first-order chi connectivity index (χ1) is 7.77. The van der Waals surface area contributed by atoms with Gasteiger partial charge in [0.15, 0.2) is 0 Å². The van der Waals surface area contributed by atoms with Gasteiger partial charge in [0.2, 0.25) is 0 Å². The number of allylic oxidation sites excluding steroid dienone is 2. The van der Waals surface area contributed by atoms with Gasteiger partial charge in [0, 0.05) is 19.8 Å². The van der Waals surface area contributed by atoms with Crippen molar-refractivity contribution in [2.24, 2.45) is 0 Å². The molecule has 2 aromatic rings. The fraction of sp³-hybridized carbons (Fsp3) is 0. The lowest BCUT2D eigenvalue weighted by Gasteiger charge is -1.90. The molecule has 2 rings (SSSR count). The molecule has 2 heteroatoms. The van der Waals surface area contributed by atoms with E-state index in [1.165, 1.54) is 6.07 Å². The molecule has 0 bridgehead atoms. The molecule has 0 aliphatic heterocycles. The second-order valence-corrected chi connectivity index (χ2v) is 4.38. The minimum absolute atomic E-state index is 0.189. The van der Waals surface area contributed by atoms with E-state index in [2.05, 4.69) is 13.2 Å². The first kappa shape index (κ1) is 10.8. The largest absolute Gasteiger partial charge is 0.206 e. The maximum atomic E-state index is 13.7. The van der Waals surface area contributed by atoms with Gasteiger partial charge in [-0.25, -0.2) is 4.39 Å². The molecule has 1 heterocycles. The lowest BCUT2D eigenvalue weighted by Crippen LogP contribution is -2.18. The number of benzene rings is 1. The maximum Gasteiger partial charge on any atom is 0.132 e. The fourth-order valence-electron chi connectivity index (χ4n) is 1.66. The van der Waals surface area contributed by atoms with Crippen molar-refractivity contribution >= 4 is 33.6 Å². The third kappa shape index (κ3) is 1.72. The molecule has 0 radical (unpaired) electrons. The van der Waals surface area contributed by atoms with E-state index in [0.717, 1.165) is 14.5 Å². The second kappa shape index (κ2) is 4.45. The number of thiophene rings is 1. The first-order valence-electron chi connectivity index (χ1n) is 4.90. The van der Waals surface area contributed by atoms with Crippen molar-refractivity contribution in [3.63, 3.8) is 0 Å². The quantitative estimate of drug-likeness (QED) is 0.744. The van der Waals surface area contributed by atoms with Crippen LogP contribution in [0, 0.1) is 5.82 Å². The molecule has 1 aromatic carbocycles. The van der Waals surface area contributed by atoms with Crippen molar-refractivity contribution in [2.45, 2.75) is 0 Å². The smallest absolute Gasteiger partial charge is 0.132 e. The molecule has 0 aliphatic carbocycles. The van der Waals surface area contributed by atoms with Crippen LogP contribution in [-0.4, -0.2) is 0 Å². The Labute approximate surface area is 97.4 Å². The van der Waals surface area contributed by atoms with Crippen LogP contribution in [0.15, 0.2) is 43.5 Å². The van der Waals surface area contributed by atoms with E-state index in [4.69, 9.17) is 0 Å². The minimum atomic E-state index is -0.189. The standard InChI is InChI=1S/C14H11FS/c1-3-6-10-12(7-4-2)16-13-9-5-8-11(15)14(10)13/h3-9H,1-2H2/b10-6+,12-7+. The van der Waals surface area contributed by atoms with Crippen LogP contribution in [0.5, 0.6) is 0 Å². The molecule has 0 nitrogen and oxygen atoms in total. The zero-order chi connectivity index (χ0) is 11.5. The summed E-state index contributed by atoms with van der Waals surface area (Å²) in [6, 6.07) is 5.13. The third-order valence-corrected chi connectivity index (χ3v) is 3.42. The second-order valence-electron chi connectivity index (χ2n) is 3.30. The molecular formula is C14H11FS. The maximum absolute atomic E-state index is 13.7. The third-order valence-electron chi connectivity index (χ3n) is 2.28. The van der Waals surface area contributed by atoms with Gasteiger partial charge in [0.25, 0.3) is 0 Å². The van der Waals surface area contributed by atoms with Gasteiger partial charge >= 0.3 is 0 Å². The normalized spacial score (nSPS) is 13.3. The summed E-state index contributed by atoms with van der Waals surface area (Å²) in [7, 11) is 0. The topological polar surface area (TPSA) is 0 Å². The van der Waals surface area contributed by atoms with E-state index in [9.17, 15) is 4.39 Å². The Morgan fingerprint density at radius 3 is 2.56 bits per heavy atom. The Balaban J connectivity index is 3.06. The summed E-state index contributed by atoms with van der Waals surface area (Å²) in [5, 5.41) is 1.55. The number of halogens is 1. The van der Waals surface area contributed by atoms with E-state index in [1.54, 1.807) is 29.6 Å². The van der Waals surface area contributed by atoms with E-state index < -0.39 is 0 Å². The van der Waals surface area contributed by atoms with Gasteiger partial charge in [-0.2, -0.15) is 0 Å². The van der Waals surface area contributed by atoms with Gasteiger partial charge < -0.3 is 0 Å². The lowest BCUT2D eigenvalue weighted by molar-refractivity contribution is 0.639. The summed E-state index contributed by atoms with van der Waals surface area (Å²) in [5.41, 5.74) is 0. The predicted octanol–water partition coefficient (Wildman–Crippen LogP) is 2.97. The summed E-state index contributed by atoms with van der Waals surface area (Å²) in [6.07, 6.45) is 7.11. The molecule has 16 heavy (non-hydrogen) atoms. The molecule has 0 saturated carbocycles. The van der Waals surface area contributed by atoms with E-state index in [-0.39, 0.29) is 5.82 Å². The van der Waals surface area contributed by atoms with Gasteiger partial charge in [0.1, 0.15) is 5.82 Å². The number of hydrogen-bond acceptors (Lipinski definition) is 1. The summed E-state index contributed by atoms with van der Waals surface area (Å²) >= 11 is 1.56. The molecule has 0 saturated heterocycles. The summed E-state index contributed by atoms with van der Waals surface area (Å²) in [6.45, 7) is 7.33. The molecule has 0 atom stereocenters. The van der Waals surface area contributed by atoms with Gasteiger partial charge in [-0.15, -0.1) is 11.3 Å². The van der Waals surface area contributed by atoms with E-state index >= 15 is 0 Å². The van der Waals surface area contributed by atoms with Crippen LogP contribution in [-0.2, 0) is 0 Å². The lowest BCUT2D eigenvalue weighted by atomic mass is 10.2. The summed E-state index contributed by atoms with van der Waals surface area (Å²) in [4.78, 5) is 0. The molecule has 0 amide bonds. The van der Waals surface area contributed by atoms with Crippen molar-refractivity contribution in [3.8, 4) is 0 Å². The van der Waals surface area contributed by atoms with Crippen molar-refractivity contribution in [3.05, 3.63) is 59.1 Å². The SMILES string of the molecule is C=C/C=c1\c(=C/C=C)sc2cccc(F)c12. The van der Waals surface area contributed by atoms with Gasteiger partial charge in [-0.3, -0.25) is 0 Å². The van der Waals surface area contributed by atoms with E-state index in [1.807, 2.05) is 18.2 Å². The Morgan fingerprint density at radius 2 is 1.88 bits per heavy atom. The van der Waals surface area contributed by atoms with Crippen molar-refractivity contribution in [1.29, 1.82) is 0 Å². The number of hydrogen-bond donors (Lipinski definition) is 0. The van der Waals surface area contributed by atoms with Gasteiger partial charge in [-0.05, 0) is 18.2 Å². The molecule has 0 unspecified atom stereocenters. The zero-order valence-electron chi connectivity index (χ0n) is 8.74. The Kier molecular flexibility index (Phi) is 3.02. The summed E-state index contributed by atoms with van der Waals surface area (Å²) in [5.74, 6) is -0.189. The van der Waals surface area contributed by atoms with Crippen LogP contribution in [0.1, 0.15) is 0 Å². The zero-order valence-corrected chi connectivity index (χ0v) is 9.56. The molecule has 0 aliphatic rings. The number of fused-ring (bicyclic) bond motifs is 1. The van der Waals surface area contributed by atoms with Gasteiger partial charge in [0.05, 0.1) is 0 Å². The monoisotopic (exact) mass is 230 g/mol. The highest BCUT2D eigenvalue weighted by atomic mass is 32.1. The van der Waals surface area contributed by atoms with Crippen molar-refractivity contribution in [1.82, 2.24) is 0 Å². The molecule has 0 fully saturated rings. The molecular weight excluding hydrogens is 219 g/mol. The highest BCUT2D eigenvalue weighted by Gasteiger charge is 2.04. The fourth-order valence-corrected chi connectivity index (χ4v) is 2.80. The van der Waals surface area contributed by atoms with Crippen molar-refractivity contribution < 1.29 is 4.39 Å². The summed E-state index contributed by atoms with van der Waals surface area (Å²) < 4.78 is 15.7. The highest BCUT2D eigenvalue weighted by molar-refractivity contribution is 7.17. The van der Waals surface area contributed by atoms with Crippen LogP contribution in [0.4, 0.5) is 4.39 Å². The Bertz CT molecular complexity index is 662. The number of rotatable bonds is 2. The first-order valence-corrected chi connectivity index (χ1v) is 5.72. The Morgan fingerprint density at radius 1 is 1.12 bits per heavy atom. The highest BCUT2D eigenvalue weighted by Crippen LogP contribution is 2.16. The molecule has 0 N–H and O–H groups in total. The molecule has 0 spiro atoms. The van der Waals surface area contributed by atoms with Crippen LogP contribution in [0.25, 0.3) is 22.2 Å². The Hall–Kier alpha value is -1.67. The molecule has 80 valence electrons. The van der Waals surface area contributed by atoms with Gasteiger partial charge in [-0.1, -0.05) is 37.5 Å². The van der Waals surface area contributed by atoms with Crippen molar-refractivity contribution in [2.75, 3.05) is 0 Å². The average Bonchev–Trinajstić information content (AvgIpc) is 2.59. The van der Waals surface area contributed by atoms with Crippen LogP contribution < -0.4 is 9.75 Å². The predicted molar refractivity (Wildman–Crippen MR) is 70.4 cm³/mol.